The topological polar surface area (TPSA) is 58.2 Å². The largest absolute Gasteiger partial charge is 0.351 e. The molecule has 1 aliphatic carbocycles. The van der Waals surface area contributed by atoms with Crippen molar-refractivity contribution < 1.29 is 18.4 Å². The molecule has 4 nitrogen and oxygen atoms in total. The van der Waals surface area contributed by atoms with Gasteiger partial charge in [-0.2, -0.15) is 0 Å². The van der Waals surface area contributed by atoms with Crippen LogP contribution in [0.15, 0.2) is 42.5 Å². The zero-order chi connectivity index (χ0) is 18.0. The highest BCUT2D eigenvalue weighted by Crippen LogP contribution is 2.47. The molecule has 1 aliphatic rings. The minimum absolute atomic E-state index is 0.127. The normalized spacial score (nSPS) is 14.7. The lowest BCUT2D eigenvalue weighted by atomic mass is 10.0. The Labute approximate surface area is 144 Å². The quantitative estimate of drug-likeness (QED) is 0.818. The maximum absolute atomic E-state index is 13.2. The Morgan fingerprint density at radius 2 is 1.80 bits per heavy atom. The smallest absolute Gasteiger partial charge is 0.240 e. The fourth-order valence-corrected chi connectivity index (χ4v) is 2.68. The lowest BCUT2D eigenvalue weighted by Gasteiger charge is -2.16. The van der Waals surface area contributed by atoms with Crippen molar-refractivity contribution in [2.24, 2.45) is 5.41 Å². The summed E-state index contributed by atoms with van der Waals surface area (Å²) in [5.74, 6) is -2.89. The number of carbonyl (C=O) groups excluding carboxylic acids is 2. The van der Waals surface area contributed by atoms with Gasteiger partial charge < -0.3 is 10.6 Å². The van der Waals surface area contributed by atoms with Crippen molar-refractivity contribution in [3.63, 3.8) is 0 Å². The van der Waals surface area contributed by atoms with Gasteiger partial charge in [-0.25, -0.2) is 8.78 Å². The van der Waals surface area contributed by atoms with Gasteiger partial charge in [-0.3, -0.25) is 9.59 Å². The predicted molar refractivity (Wildman–Crippen MR) is 89.7 cm³/mol. The fourth-order valence-electron chi connectivity index (χ4n) is 2.68. The minimum Gasteiger partial charge on any atom is -0.351 e. The summed E-state index contributed by atoms with van der Waals surface area (Å²) in [5.41, 5.74) is 1.03. The number of amides is 2. The molecule has 0 aliphatic heterocycles. The van der Waals surface area contributed by atoms with Gasteiger partial charge >= 0.3 is 0 Å². The van der Waals surface area contributed by atoms with E-state index in [1.165, 1.54) is 6.07 Å². The van der Waals surface area contributed by atoms with Gasteiger partial charge in [0, 0.05) is 18.3 Å². The van der Waals surface area contributed by atoms with E-state index in [0.29, 0.717) is 19.4 Å². The van der Waals surface area contributed by atoms with Gasteiger partial charge in [-0.15, -0.1) is 0 Å². The van der Waals surface area contributed by atoms with E-state index in [9.17, 15) is 18.4 Å². The molecule has 3 rings (SSSR count). The van der Waals surface area contributed by atoms with E-state index < -0.39 is 23.0 Å². The van der Waals surface area contributed by atoms with Crippen molar-refractivity contribution in [1.29, 1.82) is 0 Å². The van der Waals surface area contributed by atoms with E-state index in [0.717, 1.165) is 23.3 Å². The van der Waals surface area contributed by atoms with E-state index in [-0.39, 0.29) is 11.6 Å². The molecular weight excluding hydrogens is 326 g/mol. The molecule has 0 saturated heterocycles. The molecule has 2 aromatic carbocycles. The third-order valence-electron chi connectivity index (χ3n) is 4.33. The lowest BCUT2D eigenvalue weighted by Crippen LogP contribution is -2.39. The summed E-state index contributed by atoms with van der Waals surface area (Å²) in [7, 11) is 0. The van der Waals surface area contributed by atoms with Crippen LogP contribution in [0, 0.1) is 24.0 Å². The summed E-state index contributed by atoms with van der Waals surface area (Å²) in [4.78, 5) is 24.8. The maximum Gasteiger partial charge on any atom is 0.240 e. The van der Waals surface area contributed by atoms with Crippen molar-refractivity contribution in [3.8, 4) is 0 Å². The van der Waals surface area contributed by atoms with Crippen molar-refractivity contribution in [3.05, 3.63) is 65.2 Å². The Kier molecular flexibility index (Phi) is 4.53. The number of hydrogen-bond donors (Lipinski definition) is 2. The van der Waals surface area contributed by atoms with E-state index in [2.05, 4.69) is 10.6 Å². The number of aryl methyl sites for hydroxylation is 1. The Morgan fingerprint density at radius 3 is 2.44 bits per heavy atom. The van der Waals surface area contributed by atoms with Crippen LogP contribution in [-0.2, 0) is 16.1 Å². The average molecular weight is 344 g/mol. The standard InChI is InChI=1S/C19H18F2N2O2/c1-12-3-2-4-13(9-12)11-22-17(24)19(7-8-19)18(25)23-14-5-6-15(20)16(21)10-14/h2-6,9-10H,7-8,11H2,1H3,(H,22,24)(H,23,25). The molecule has 2 aromatic rings. The van der Waals surface area contributed by atoms with Crippen LogP contribution in [0.1, 0.15) is 24.0 Å². The highest BCUT2D eigenvalue weighted by molar-refractivity contribution is 6.13. The molecule has 6 heteroatoms. The van der Waals surface area contributed by atoms with E-state index >= 15 is 0 Å². The summed E-state index contributed by atoms with van der Waals surface area (Å²) in [5, 5.41) is 5.28. The van der Waals surface area contributed by atoms with Crippen LogP contribution in [0.5, 0.6) is 0 Å². The zero-order valence-corrected chi connectivity index (χ0v) is 13.7. The molecule has 1 fully saturated rings. The molecular formula is C19H18F2N2O2. The fraction of sp³-hybridized carbons (Fsp3) is 0.263. The minimum atomic E-state index is -1.13. The highest BCUT2D eigenvalue weighted by atomic mass is 19.2. The Bertz CT molecular complexity index is 832. The van der Waals surface area contributed by atoms with Crippen LogP contribution in [0.4, 0.5) is 14.5 Å². The number of halogens is 2. The summed E-state index contributed by atoms with van der Waals surface area (Å²) in [6, 6.07) is 10.8. The lowest BCUT2D eigenvalue weighted by molar-refractivity contribution is -0.134. The molecule has 2 amide bonds. The third-order valence-corrected chi connectivity index (χ3v) is 4.33. The number of nitrogens with one attached hydrogen (secondary N) is 2. The van der Waals surface area contributed by atoms with Gasteiger partial charge in [0.2, 0.25) is 11.8 Å². The maximum atomic E-state index is 13.2. The van der Waals surface area contributed by atoms with Gasteiger partial charge in [-0.05, 0) is 37.5 Å². The molecule has 0 atom stereocenters. The zero-order valence-electron chi connectivity index (χ0n) is 13.7. The second-order valence-corrected chi connectivity index (χ2v) is 6.34. The van der Waals surface area contributed by atoms with Crippen molar-refractivity contribution in [2.75, 3.05) is 5.32 Å². The Morgan fingerprint density at radius 1 is 1.04 bits per heavy atom. The average Bonchev–Trinajstić information content (AvgIpc) is 3.38. The van der Waals surface area contributed by atoms with Crippen LogP contribution >= 0.6 is 0 Å². The van der Waals surface area contributed by atoms with Gasteiger partial charge in [0.05, 0.1) is 0 Å². The molecule has 0 radical (unpaired) electrons. The summed E-state index contributed by atoms with van der Waals surface area (Å²) >= 11 is 0. The number of hydrogen-bond acceptors (Lipinski definition) is 2. The first-order valence-corrected chi connectivity index (χ1v) is 8.01. The monoisotopic (exact) mass is 344 g/mol. The number of benzene rings is 2. The Hall–Kier alpha value is -2.76. The summed E-state index contributed by atoms with van der Waals surface area (Å²) < 4.78 is 26.2. The summed E-state index contributed by atoms with van der Waals surface area (Å²) in [6.45, 7) is 2.30. The molecule has 130 valence electrons. The first kappa shape index (κ1) is 17.1. The van der Waals surface area contributed by atoms with Crippen LogP contribution in [0.3, 0.4) is 0 Å². The van der Waals surface area contributed by atoms with Gasteiger partial charge in [-0.1, -0.05) is 29.8 Å². The molecule has 0 heterocycles. The van der Waals surface area contributed by atoms with Crippen LogP contribution in [0.2, 0.25) is 0 Å². The molecule has 0 bridgehead atoms. The summed E-state index contributed by atoms with van der Waals surface area (Å²) in [6.07, 6.45) is 0.865. The second-order valence-electron chi connectivity index (χ2n) is 6.34. The Balaban J connectivity index is 1.63. The molecule has 2 N–H and O–H groups in total. The van der Waals surface area contributed by atoms with Crippen LogP contribution in [-0.4, -0.2) is 11.8 Å². The molecule has 1 saturated carbocycles. The molecule has 0 unspecified atom stereocenters. The SMILES string of the molecule is Cc1cccc(CNC(=O)C2(C(=O)Nc3ccc(F)c(F)c3)CC2)c1. The predicted octanol–water partition coefficient (Wildman–Crippen LogP) is 3.31. The third kappa shape index (κ3) is 3.68. The van der Waals surface area contributed by atoms with E-state index in [1.807, 2.05) is 31.2 Å². The number of carbonyl (C=O) groups is 2. The number of rotatable bonds is 5. The number of anilines is 1. The van der Waals surface area contributed by atoms with Crippen molar-refractivity contribution >= 4 is 17.5 Å². The van der Waals surface area contributed by atoms with Gasteiger partial charge in [0.25, 0.3) is 0 Å². The van der Waals surface area contributed by atoms with E-state index in [1.54, 1.807) is 0 Å². The van der Waals surface area contributed by atoms with Crippen molar-refractivity contribution in [1.82, 2.24) is 5.32 Å². The van der Waals surface area contributed by atoms with Crippen LogP contribution in [0.25, 0.3) is 0 Å². The van der Waals surface area contributed by atoms with Gasteiger partial charge in [0.1, 0.15) is 5.41 Å². The highest BCUT2D eigenvalue weighted by Gasteiger charge is 2.56. The van der Waals surface area contributed by atoms with Crippen LogP contribution < -0.4 is 10.6 Å². The molecule has 0 spiro atoms. The second kappa shape index (κ2) is 6.63. The molecule has 0 aromatic heterocycles. The first-order valence-electron chi connectivity index (χ1n) is 8.01. The molecule has 25 heavy (non-hydrogen) atoms. The van der Waals surface area contributed by atoms with Crippen molar-refractivity contribution in [2.45, 2.75) is 26.3 Å². The first-order chi connectivity index (χ1) is 11.9. The van der Waals surface area contributed by atoms with E-state index in [4.69, 9.17) is 0 Å². The van der Waals surface area contributed by atoms with Gasteiger partial charge in [0.15, 0.2) is 11.6 Å².